The van der Waals surface area contributed by atoms with Gasteiger partial charge in [0.2, 0.25) is 11.8 Å². The number of aryl methyl sites for hydroxylation is 2. The number of likely N-dealkylation sites (tertiary alicyclic amines) is 1. The highest BCUT2D eigenvalue weighted by atomic mass is 16.2. The molecule has 0 saturated carbocycles. The first kappa shape index (κ1) is 41.9. The molecular formula is C47H58N10O4. The first-order chi connectivity index (χ1) is 29.5. The summed E-state index contributed by atoms with van der Waals surface area (Å²) in [5.41, 5.74) is 7.50. The van der Waals surface area contributed by atoms with Gasteiger partial charge in [0.05, 0.1) is 17.3 Å². The molecule has 14 heteroatoms. The lowest BCUT2D eigenvalue weighted by Gasteiger charge is -2.43. The Balaban J connectivity index is 0.881. The number of hydrogen-bond donors (Lipinski definition) is 4. The highest BCUT2D eigenvalue weighted by molar-refractivity contribution is 6.08. The van der Waals surface area contributed by atoms with Crippen molar-refractivity contribution in [2.75, 3.05) is 49.5 Å². The maximum atomic E-state index is 13.9. The topological polar surface area (TPSA) is 161 Å². The Morgan fingerprint density at radius 3 is 2.41 bits per heavy atom. The van der Waals surface area contributed by atoms with Crippen molar-refractivity contribution in [2.24, 2.45) is 0 Å². The summed E-state index contributed by atoms with van der Waals surface area (Å²) >= 11 is 0. The monoisotopic (exact) mass is 826 g/mol. The lowest BCUT2D eigenvalue weighted by molar-refractivity contribution is -0.133. The second-order valence-corrected chi connectivity index (χ2v) is 17.1. The number of nitrogens with zero attached hydrogens (tertiary/aromatic N) is 6. The number of hydrogen-bond acceptors (Lipinski definition) is 10. The summed E-state index contributed by atoms with van der Waals surface area (Å²) in [5.74, 6) is 0.233. The molecule has 8 rings (SSSR count). The molecule has 2 aromatic carbocycles. The van der Waals surface area contributed by atoms with E-state index in [0.717, 1.165) is 116 Å². The molecule has 6 heterocycles. The summed E-state index contributed by atoms with van der Waals surface area (Å²) in [4.78, 5) is 66.2. The zero-order chi connectivity index (χ0) is 42.6. The number of para-hydroxylation sites is 1. The number of anilines is 2. The molecule has 3 aromatic heterocycles. The van der Waals surface area contributed by atoms with Crippen LogP contribution in [0.1, 0.15) is 91.7 Å². The SMILES string of the molecule is CCCc1cc(C)[nH]c(=O)c1CNC(=O)c1cc(-c2ccc(N3CCN(C4CCN(Cc5ccccc5NC5CCC(=O)NC5=O)CC4)CC3)nc2)cc2c1cnn2C(C)C. The molecule has 4 N–H and O–H groups in total. The molecule has 320 valence electrons. The van der Waals surface area contributed by atoms with Crippen molar-refractivity contribution in [1.82, 2.24) is 40.2 Å². The smallest absolute Gasteiger partial charge is 0.253 e. The predicted molar refractivity (Wildman–Crippen MR) is 239 cm³/mol. The van der Waals surface area contributed by atoms with Crippen molar-refractivity contribution >= 4 is 40.1 Å². The maximum absolute atomic E-state index is 13.9. The van der Waals surface area contributed by atoms with Gasteiger partial charge in [0.25, 0.3) is 11.5 Å². The Bertz CT molecular complexity index is 2440. The Labute approximate surface area is 357 Å². The lowest BCUT2D eigenvalue weighted by Crippen LogP contribution is -2.53. The van der Waals surface area contributed by atoms with E-state index < -0.39 is 6.04 Å². The second-order valence-electron chi connectivity index (χ2n) is 17.1. The van der Waals surface area contributed by atoms with Crippen molar-refractivity contribution < 1.29 is 14.4 Å². The normalized spacial score (nSPS) is 18.2. The van der Waals surface area contributed by atoms with E-state index in [2.05, 4.69) is 85.8 Å². The molecule has 3 aliphatic heterocycles. The number of aromatic nitrogens is 4. The third-order valence-electron chi connectivity index (χ3n) is 12.5. The summed E-state index contributed by atoms with van der Waals surface area (Å²) in [6.07, 6.45) is 8.40. The van der Waals surface area contributed by atoms with Crippen molar-refractivity contribution in [2.45, 2.75) is 97.4 Å². The van der Waals surface area contributed by atoms with Crippen LogP contribution in [0.3, 0.4) is 0 Å². The fraction of sp³-hybridized carbons (Fsp3) is 0.447. The Morgan fingerprint density at radius 2 is 1.69 bits per heavy atom. The van der Waals surface area contributed by atoms with E-state index in [1.54, 1.807) is 6.20 Å². The Morgan fingerprint density at radius 1 is 0.902 bits per heavy atom. The van der Waals surface area contributed by atoms with E-state index in [9.17, 15) is 19.2 Å². The molecule has 0 spiro atoms. The van der Waals surface area contributed by atoms with Crippen LogP contribution in [0.5, 0.6) is 0 Å². The van der Waals surface area contributed by atoms with Gasteiger partial charge in [-0.2, -0.15) is 5.10 Å². The van der Waals surface area contributed by atoms with E-state index >= 15 is 0 Å². The van der Waals surface area contributed by atoms with Gasteiger partial charge in [0, 0.05) is 91.9 Å². The van der Waals surface area contributed by atoms with Gasteiger partial charge in [0.15, 0.2) is 0 Å². The molecule has 0 radical (unpaired) electrons. The van der Waals surface area contributed by atoms with Gasteiger partial charge >= 0.3 is 0 Å². The van der Waals surface area contributed by atoms with Crippen LogP contribution in [0.4, 0.5) is 11.5 Å². The van der Waals surface area contributed by atoms with Crippen LogP contribution < -0.4 is 26.4 Å². The van der Waals surface area contributed by atoms with Crippen molar-refractivity contribution in [1.29, 1.82) is 0 Å². The van der Waals surface area contributed by atoms with Crippen LogP contribution in [0.25, 0.3) is 22.0 Å². The molecule has 3 amide bonds. The molecule has 0 bridgehead atoms. The summed E-state index contributed by atoms with van der Waals surface area (Å²) in [6.45, 7) is 14.9. The molecule has 3 fully saturated rings. The van der Waals surface area contributed by atoms with Crippen LogP contribution >= 0.6 is 0 Å². The number of benzene rings is 2. The maximum Gasteiger partial charge on any atom is 0.253 e. The van der Waals surface area contributed by atoms with Crippen molar-refractivity contribution in [3.63, 3.8) is 0 Å². The summed E-state index contributed by atoms with van der Waals surface area (Å²) in [6, 6.07) is 18.6. The minimum atomic E-state index is -0.398. The van der Waals surface area contributed by atoms with E-state index in [4.69, 9.17) is 4.98 Å². The average Bonchev–Trinajstić information content (AvgIpc) is 3.70. The molecular weight excluding hydrogens is 769 g/mol. The van der Waals surface area contributed by atoms with E-state index in [-0.39, 0.29) is 35.9 Å². The van der Waals surface area contributed by atoms with Crippen molar-refractivity contribution in [3.05, 3.63) is 105 Å². The number of piperazine rings is 1. The number of pyridine rings is 2. The van der Waals surface area contributed by atoms with E-state index in [0.29, 0.717) is 30.0 Å². The number of fused-ring (bicyclic) bond motifs is 1. The van der Waals surface area contributed by atoms with Crippen LogP contribution in [0, 0.1) is 6.92 Å². The highest BCUT2D eigenvalue weighted by Gasteiger charge is 2.30. The highest BCUT2D eigenvalue weighted by Crippen LogP contribution is 2.31. The molecule has 14 nitrogen and oxygen atoms in total. The number of piperidine rings is 2. The zero-order valence-electron chi connectivity index (χ0n) is 35.8. The zero-order valence-corrected chi connectivity index (χ0v) is 35.8. The third-order valence-corrected chi connectivity index (χ3v) is 12.5. The average molecular weight is 827 g/mol. The molecule has 1 atom stereocenters. The Kier molecular flexibility index (Phi) is 12.6. The minimum absolute atomic E-state index is 0.0941. The van der Waals surface area contributed by atoms with Crippen LogP contribution in [-0.4, -0.2) is 98.6 Å². The number of H-pyrrole nitrogens is 1. The molecule has 0 aliphatic carbocycles. The first-order valence-corrected chi connectivity index (χ1v) is 21.9. The number of amides is 3. The molecule has 3 saturated heterocycles. The number of aromatic amines is 1. The summed E-state index contributed by atoms with van der Waals surface area (Å²) < 4.78 is 1.94. The molecule has 5 aromatic rings. The van der Waals surface area contributed by atoms with Gasteiger partial charge in [-0.05, 0) is 113 Å². The molecule has 1 unspecified atom stereocenters. The van der Waals surface area contributed by atoms with Gasteiger partial charge in [-0.3, -0.25) is 39.0 Å². The quantitative estimate of drug-likeness (QED) is 0.111. The number of nitrogens with one attached hydrogen (secondary N) is 4. The van der Waals surface area contributed by atoms with Gasteiger partial charge in [0.1, 0.15) is 11.9 Å². The molecule has 61 heavy (non-hydrogen) atoms. The van der Waals surface area contributed by atoms with Crippen LogP contribution in [0.2, 0.25) is 0 Å². The third kappa shape index (κ3) is 9.40. The van der Waals surface area contributed by atoms with E-state index in [1.807, 2.05) is 48.1 Å². The Hall–Kier alpha value is -5.86. The van der Waals surface area contributed by atoms with Crippen molar-refractivity contribution in [3.8, 4) is 11.1 Å². The lowest BCUT2D eigenvalue weighted by atomic mass is 10.00. The fourth-order valence-corrected chi connectivity index (χ4v) is 9.21. The number of imide groups is 1. The standard InChI is InChI=1S/C47H58N10O4/c1-5-8-32-23-31(4)51-46(60)38(32)27-49-45(59)37-24-35(25-42-39(37)28-50-57(42)30(2)3)33-11-13-43(48-26-33)56-21-19-55(20-22-56)36-15-17-54(18-16-36)29-34-9-6-7-10-40(34)52-41-12-14-44(58)53-47(41)61/h6-7,9-11,13,23-26,28,30,36,41,52H,5,8,12,14-22,27,29H2,1-4H3,(H,49,59)(H,51,60)(H,53,58,61). The van der Waals surface area contributed by atoms with E-state index in [1.165, 1.54) is 5.56 Å². The second kappa shape index (κ2) is 18.4. The number of carbonyl (C=O) groups excluding carboxylic acids is 3. The van der Waals surface area contributed by atoms with Gasteiger partial charge in [-0.15, -0.1) is 0 Å². The minimum Gasteiger partial charge on any atom is -0.373 e. The van der Waals surface area contributed by atoms with Gasteiger partial charge in [-0.1, -0.05) is 31.5 Å². The number of rotatable bonds is 13. The van der Waals surface area contributed by atoms with Crippen LogP contribution in [0.15, 0.2) is 71.8 Å². The van der Waals surface area contributed by atoms with Gasteiger partial charge in [-0.25, -0.2) is 4.98 Å². The molecule has 3 aliphatic rings. The predicted octanol–water partition coefficient (Wildman–Crippen LogP) is 5.56. The summed E-state index contributed by atoms with van der Waals surface area (Å²) in [7, 11) is 0. The number of carbonyl (C=O) groups is 3. The van der Waals surface area contributed by atoms with Gasteiger partial charge < -0.3 is 20.5 Å². The summed E-state index contributed by atoms with van der Waals surface area (Å²) in [5, 5.41) is 14.3. The largest absolute Gasteiger partial charge is 0.373 e. The van der Waals surface area contributed by atoms with Crippen LogP contribution in [-0.2, 0) is 29.1 Å². The first-order valence-electron chi connectivity index (χ1n) is 21.9. The fourth-order valence-electron chi connectivity index (χ4n) is 9.21.